The molecule has 1 aliphatic rings. The molecule has 0 atom stereocenters. The normalized spacial score (nSPS) is 15.2. The Labute approximate surface area is 197 Å². The number of fused-ring (bicyclic) bond motifs is 2. The van der Waals surface area contributed by atoms with Crippen LogP contribution in [0.1, 0.15) is 12.8 Å². The van der Waals surface area contributed by atoms with Crippen LogP contribution in [0.15, 0.2) is 80.8 Å². The molecule has 0 radical (unpaired) electrons. The molecular weight excluding hydrogens is 454 g/mol. The summed E-state index contributed by atoms with van der Waals surface area (Å²) in [7, 11) is -3.63. The standard InChI is InChI=1S/C25H25N3O5S/c29-24(10-5-13-28-22-8-3-4-9-23(22)33-25(28)30)26-14-16-27(17-15-26)34(31,32)21-12-11-19-6-1-2-7-20(19)18-21/h1-4,6-9,11-12,18H,5,10,13-17H2. The number of aryl methyl sites for hydroxylation is 1. The van der Waals surface area contributed by atoms with Crippen LogP contribution in [-0.4, -0.2) is 54.3 Å². The maximum Gasteiger partial charge on any atom is 0.419 e. The van der Waals surface area contributed by atoms with Crippen LogP contribution in [0, 0.1) is 0 Å². The van der Waals surface area contributed by atoms with E-state index in [1.165, 1.54) is 8.87 Å². The second-order valence-corrected chi connectivity index (χ2v) is 10.3. The van der Waals surface area contributed by atoms with Crippen molar-refractivity contribution in [2.45, 2.75) is 24.3 Å². The third-order valence-corrected chi connectivity index (χ3v) is 8.19. The minimum Gasteiger partial charge on any atom is -0.408 e. The zero-order valence-corrected chi connectivity index (χ0v) is 19.4. The molecule has 0 aliphatic carbocycles. The number of oxazole rings is 1. The molecular formula is C25H25N3O5S. The molecule has 1 saturated heterocycles. The van der Waals surface area contributed by atoms with Gasteiger partial charge in [-0.3, -0.25) is 9.36 Å². The van der Waals surface area contributed by atoms with Gasteiger partial charge in [0.2, 0.25) is 15.9 Å². The average molecular weight is 480 g/mol. The lowest BCUT2D eigenvalue weighted by Gasteiger charge is -2.34. The Kier molecular flexibility index (Phi) is 5.97. The molecule has 8 nitrogen and oxygen atoms in total. The molecule has 1 fully saturated rings. The molecule has 0 N–H and O–H groups in total. The summed E-state index contributed by atoms with van der Waals surface area (Å²) >= 11 is 0. The lowest BCUT2D eigenvalue weighted by atomic mass is 10.1. The quantitative estimate of drug-likeness (QED) is 0.424. The van der Waals surface area contributed by atoms with E-state index in [0.717, 1.165) is 10.8 Å². The number of rotatable bonds is 6. The smallest absolute Gasteiger partial charge is 0.408 e. The lowest BCUT2D eigenvalue weighted by molar-refractivity contribution is -0.132. The van der Waals surface area contributed by atoms with Crippen molar-refractivity contribution in [1.82, 2.24) is 13.8 Å². The number of aromatic nitrogens is 1. The van der Waals surface area contributed by atoms with Crippen LogP contribution in [0.25, 0.3) is 21.9 Å². The summed E-state index contributed by atoms with van der Waals surface area (Å²) in [5.74, 6) is -0.468. The number of carbonyl (C=O) groups is 1. The van der Waals surface area contributed by atoms with Crippen molar-refractivity contribution in [2.75, 3.05) is 26.2 Å². The van der Waals surface area contributed by atoms with Crippen LogP contribution in [0.3, 0.4) is 0 Å². The summed E-state index contributed by atoms with van der Waals surface area (Å²) in [6.07, 6.45) is 0.779. The van der Waals surface area contributed by atoms with Crippen LogP contribution in [0.2, 0.25) is 0 Å². The van der Waals surface area contributed by atoms with Crippen LogP contribution in [0.5, 0.6) is 0 Å². The predicted octanol–water partition coefficient (Wildman–Crippen LogP) is 3.06. The highest BCUT2D eigenvalue weighted by atomic mass is 32.2. The van der Waals surface area contributed by atoms with Crippen LogP contribution in [0.4, 0.5) is 0 Å². The molecule has 34 heavy (non-hydrogen) atoms. The van der Waals surface area contributed by atoms with E-state index >= 15 is 0 Å². The van der Waals surface area contributed by atoms with Crippen molar-refractivity contribution in [1.29, 1.82) is 0 Å². The van der Waals surface area contributed by atoms with Crippen LogP contribution < -0.4 is 5.76 Å². The lowest BCUT2D eigenvalue weighted by Crippen LogP contribution is -2.50. The van der Waals surface area contributed by atoms with Gasteiger partial charge in [-0.15, -0.1) is 0 Å². The fourth-order valence-electron chi connectivity index (χ4n) is 4.43. The average Bonchev–Trinajstić information content (AvgIpc) is 3.18. The maximum absolute atomic E-state index is 13.1. The Morgan fingerprint density at radius 2 is 1.59 bits per heavy atom. The predicted molar refractivity (Wildman–Crippen MR) is 129 cm³/mol. The SMILES string of the molecule is O=C(CCCn1c(=O)oc2ccccc21)N1CCN(S(=O)(=O)c2ccc3ccccc3c2)CC1. The second kappa shape index (κ2) is 9.08. The molecule has 5 rings (SSSR count). The minimum absolute atomic E-state index is 0.0383. The van der Waals surface area contributed by atoms with Crippen molar-refractivity contribution in [2.24, 2.45) is 0 Å². The number of nitrogens with zero attached hydrogens (tertiary/aromatic N) is 3. The van der Waals surface area contributed by atoms with E-state index in [4.69, 9.17) is 4.42 Å². The number of hydrogen-bond acceptors (Lipinski definition) is 5. The third-order valence-electron chi connectivity index (χ3n) is 6.30. The molecule has 0 saturated carbocycles. The van der Waals surface area contributed by atoms with E-state index in [9.17, 15) is 18.0 Å². The number of para-hydroxylation sites is 2. The Morgan fingerprint density at radius 1 is 0.882 bits per heavy atom. The molecule has 1 amide bonds. The van der Waals surface area contributed by atoms with Crippen LogP contribution >= 0.6 is 0 Å². The van der Waals surface area contributed by atoms with E-state index in [1.54, 1.807) is 29.2 Å². The Balaban J connectivity index is 1.17. The Hall–Kier alpha value is -3.43. The highest BCUT2D eigenvalue weighted by Crippen LogP contribution is 2.23. The molecule has 0 spiro atoms. The molecule has 3 aromatic carbocycles. The number of hydrogen-bond donors (Lipinski definition) is 0. The number of piperazine rings is 1. The maximum atomic E-state index is 13.1. The van der Waals surface area contributed by atoms with Crippen molar-refractivity contribution >= 4 is 37.8 Å². The third kappa shape index (κ3) is 4.24. The van der Waals surface area contributed by atoms with E-state index < -0.39 is 15.8 Å². The van der Waals surface area contributed by atoms with Gasteiger partial charge < -0.3 is 9.32 Å². The van der Waals surface area contributed by atoms with Crippen molar-refractivity contribution < 1.29 is 17.6 Å². The number of benzene rings is 3. The van der Waals surface area contributed by atoms with Gasteiger partial charge in [0, 0.05) is 39.1 Å². The highest BCUT2D eigenvalue weighted by Gasteiger charge is 2.30. The van der Waals surface area contributed by atoms with E-state index in [0.29, 0.717) is 37.2 Å². The number of amides is 1. The molecule has 1 aromatic heterocycles. The minimum atomic E-state index is -3.63. The molecule has 1 aliphatic heterocycles. The Bertz CT molecular complexity index is 1510. The van der Waals surface area contributed by atoms with E-state index in [1.807, 2.05) is 42.5 Å². The summed E-state index contributed by atoms with van der Waals surface area (Å²) in [6, 6.07) is 20.0. The van der Waals surface area contributed by atoms with Gasteiger partial charge >= 0.3 is 5.76 Å². The summed E-state index contributed by atoms with van der Waals surface area (Å²) in [4.78, 5) is 26.7. The first kappa shape index (κ1) is 22.4. The van der Waals surface area contributed by atoms with Gasteiger partial charge in [-0.1, -0.05) is 42.5 Å². The number of sulfonamides is 1. The monoisotopic (exact) mass is 479 g/mol. The zero-order valence-electron chi connectivity index (χ0n) is 18.6. The second-order valence-electron chi connectivity index (χ2n) is 8.38. The van der Waals surface area contributed by atoms with Gasteiger partial charge in [0.15, 0.2) is 5.58 Å². The van der Waals surface area contributed by atoms with E-state index in [-0.39, 0.29) is 30.3 Å². The largest absolute Gasteiger partial charge is 0.419 e. The first-order valence-corrected chi connectivity index (χ1v) is 12.7. The fourth-order valence-corrected chi connectivity index (χ4v) is 5.89. The topological polar surface area (TPSA) is 92.8 Å². The summed E-state index contributed by atoms with van der Waals surface area (Å²) in [5.41, 5.74) is 1.25. The van der Waals surface area contributed by atoms with Gasteiger partial charge in [0.1, 0.15) is 0 Å². The fraction of sp³-hybridized carbons (Fsp3) is 0.280. The zero-order chi connectivity index (χ0) is 23.7. The van der Waals surface area contributed by atoms with Gasteiger partial charge in [-0.25, -0.2) is 13.2 Å². The first-order valence-electron chi connectivity index (χ1n) is 11.3. The highest BCUT2D eigenvalue weighted by molar-refractivity contribution is 7.89. The molecule has 0 unspecified atom stereocenters. The summed E-state index contributed by atoms with van der Waals surface area (Å²) in [5, 5.41) is 1.87. The van der Waals surface area contributed by atoms with Gasteiger partial charge in [0.05, 0.1) is 10.4 Å². The first-order chi connectivity index (χ1) is 16.4. The van der Waals surface area contributed by atoms with Gasteiger partial charge in [-0.2, -0.15) is 4.31 Å². The van der Waals surface area contributed by atoms with Crippen molar-refractivity contribution in [3.8, 4) is 0 Å². The van der Waals surface area contributed by atoms with Crippen LogP contribution in [-0.2, 0) is 21.4 Å². The van der Waals surface area contributed by atoms with Gasteiger partial charge in [-0.05, 0) is 41.5 Å². The summed E-state index contributed by atoms with van der Waals surface area (Å²) in [6.45, 7) is 1.60. The number of carbonyl (C=O) groups excluding carboxylic acids is 1. The molecule has 2 heterocycles. The van der Waals surface area contributed by atoms with E-state index in [2.05, 4.69) is 0 Å². The van der Waals surface area contributed by atoms with Gasteiger partial charge in [0.25, 0.3) is 0 Å². The van der Waals surface area contributed by atoms with Crippen molar-refractivity contribution in [3.05, 3.63) is 77.3 Å². The van der Waals surface area contributed by atoms with Crippen molar-refractivity contribution in [3.63, 3.8) is 0 Å². The molecule has 4 aromatic rings. The molecule has 0 bridgehead atoms. The molecule has 9 heteroatoms. The summed E-state index contributed by atoms with van der Waals surface area (Å²) < 4.78 is 34.5. The molecule has 176 valence electrons. The Morgan fingerprint density at radius 3 is 2.38 bits per heavy atom.